The summed E-state index contributed by atoms with van der Waals surface area (Å²) >= 11 is 0. The fraction of sp³-hybridized carbons (Fsp3) is 0.444. The van der Waals surface area contributed by atoms with Crippen molar-refractivity contribution in [2.24, 2.45) is 0 Å². The van der Waals surface area contributed by atoms with Gasteiger partial charge in [-0.1, -0.05) is 5.16 Å². The van der Waals surface area contributed by atoms with Crippen LogP contribution in [-0.4, -0.2) is 28.3 Å². The first kappa shape index (κ1) is 12.4. The Morgan fingerprint density at radius 1 is 1.39 bits per heavy atom. The third-order valence-corrected chi connectivity index (χ3v) is 2.40. The van der Waals surface area contributed by atoms with Crippen LogP contribution in [0.1, 0.15) is 34.8 Å². The highest BCUT2D eigenvalue weighted by Crippen LogP contribution is 2.45. The number of hydrogen-bond acceptors (Lipinski definition) is 4. The Morgan fingerprint density at radius 3 is 2.44 bits per heavy atom. The molecule has 98 valence electrons. The lowest BCUT2D eigenvalue weighted by molar-refractivity contribution is -0.167. The maximum atomic E-state index is 12.1. The lowest BCUT2D eigenvalue weighted by Gasteiger charge is -2.06. The number of aromatic nitrogens is 1. The predicted molar refractivity (Wildman–Crippen MR) is 50.1 cm³/mol. The second-order valence-corrected chi connectivity index (χ2v) is 3.81. The average Bonchev–Trinajstić information content (AvgIpc) is 2.98. The number of carboxylic acids is 1. The third-order valence-electron chi connectivity index (χ3n) is 2.40. The number of carbonyl (C=O) groups excluding carboxylic acids is 1. The van der Waals surface area contributed by atoms with Crippen LogP contribution >= 0.6 is 0 Å². The zero-order valence-corrected chi connectivity index (χ0v) is 8.74. The van der Waals surface area contributed by atoms with E-state index in [1.165, 1.54) is 5.32 Å². The molecule has 0 bridgehead atoms. The van der Waals surface area contributed by atoms with Crippen LogP contribution < -0.4 is 5.32 Å². The SMILES string of the molecule is O=C(O)c1noc(NC(=O)C(F)(F)F)c1C1CC1. The van der Waals surface area contributed by atoms with Gasteiger partial charge in [0.15, 0.2) is 5.69 Å². The van der Waals surface area contributed by atoms with E-state index in [0.717, 1.165) is 0 Å². The molecule has 0 aromatic carbocycles. The number of halogens is 3. The van der Waals surface area contributed by atoms with Crippen molar-refractivity contribution in [3.63, 3.8) is 0 Å². The summed E-state index contributed by atoms with van der Waals surface area (Å²) < 4.78 is 40.6. The summed E-state index contributed by atoms with van der Waals surface area (Å²) in [5.74, 6) is -4.41. The maximum Gasteiger partial charge on any atom is 0.471 e. The standard InChI is InChI=1S/C9H7F3N2O4/c10-9(11,12)8(17)13-6-4(3-1-2-3)5(7(15)16)14-18-6/h3H,1-2H2,(H,13,17)(H,15,16). The Balaban J connectivity index is 2.29. The molecule has 0 radical (unpaired) electrons. The number of nitrogens with one attached hydrogen (secondary N) is 1. The molecular formula is C9H7F3N2O4. The second-order valence-electron chi connectivity index (χ2n) is 3.81. The van der Waals surface area contributed by atoms with Crippen molar-refractivity contribution < 1.29 is 32.4 Å². The molecule has 1 aromatic rings. The summed E-state index contributed by atoms with van der Waals surface area (Å²) in [6.45, 7) is 0. The van der Waals surface area contributed by atoms with Gasteiger partial charge < -0.3 is 9.63 Å². The normalized spacial score (nSPS) is 15.5. The zero-order valence-electron chi connectivity index (χ0n) is 8.74. The number of rotatable bonds is 3. The molecule has 2 rings (SSSR count). The van der Waals surface area contributed by atoms with Crippen molar-refractivity contribution in [3.8, 4) is 0 Å². The molecule has 0 saturated heterocycles. The Labute approximate surface area is 97.7 Å². The van der Waals surface area contributed by atoms with Gasteiger partial charge in [-0.3, -0.25) is 10.1 Å². The molecule has 1 heterocycles. The Morgan fingerprint density at radius 2 is 2.00 bits per heavy atom. The summed E-state index contributed by atoms with van der Waals surface area (Å²) in [5, 5.41) is 13.4. The number of carboxylic acid groups (broad SMARTS) is 1. The molecule has 1 aliphatic rings. The highest BCUT2D eigenvalue weighted by atomic mass is 19.4. The van der Waals surface area contributed by atoms with Crippen LogP contribution in [0.25, 0.3) is 0 Å². The van der Waals surface area contributed by atoms with Crippen molar-refractivity contribution in [2.45, 2.75) is 24.9 Å². The van der Waals surface area contributed by atoms with Gasteiger partial charge in [0.2, 0.25) is 5.88 Å². The molecule has 0 spiro atoms. The van der Waals surface area contributed by atoms with E-state index >= 15 is 0 Å². The molecule has 0 unspecified atom stereocenters. The highest BCUT2D eigenvalue weighted by molar-refractivity contribution is 5.96. The fourth-order valence-electron chi connectivity index (χ4n) is 1.47. The van der Waals surface area contributed by atoms with Gasteiger partial charge in [0.25, 0.3) is 0 Å². The van der Waals surface area contributed by atoms with Crippen molar-refractivity contribution in [3.05, 3.63) is 11.3 Å². The number of aromatic carboxylic acids is 1. The zero-order chi connectivity index (χ0) is 13.5. The largest absolute Gasteiger partial charge is 0.476 e. The van der Waals surface area contributed by atoms with Crippen LogP contribution in [0, 0.1) is 0 Å². The van der Waals surface area contributed by atoms with E-state index in [0.29, 0.717) is 12.8 Å². The summed E-state index contributed by atoms with van der Waals surface area (Å²) in [6, 6.07) is 0. The molecule has 6 nitrogen and oxygen atoms in total. The number of hydrogen-bond donors (Lipinski definition) is 2. The molecule has 2 N–H and O–H groups in total. The Bertz CT molecular complexity index is 504. The number of carbonyl (C=O) groups is 2. The van der Waals surface area contributed by atoms with Crippen LogP contribution in [-0.2, 0) is 4.79 Å². The predicted octanol–water partition coefficient (Wildman–Crippen LogP) is 1.75. The van der Waals surface area contributed by atoms with E-state index in [-0.39, 0.29) is 11.5 Å². The fourth-order valence-corrected chi connectivity index (χ4v) is 1.47. The maximum absolute atomic E-state index is 12.1. The molecule has 1 fully saturated rings. The topological polar surface area (TPSA) is 92.4 Å². The molecule has 9 heteroatoms. The summed E-state index contributed by atoms with van der Waals surface area (Å²) in [7, 11) is 0. The molecule has 1 aliphatic carbocycles. The third kappa shape index (κ3) is 2.29. The first-order valence-electron chi connectivity index (χ1n) is 4.91. The Kier molecular flexibility index (Phi) is 2.76. The minimum atomic E-state index is -5.07. The molecule has 18 heavy (non-hydrogen) atoms. The molecule has 1 saturated carbocycles. The van der Waals surface area contributed by atoms with Crippen molar-refractivity contribution >= 4 is 17.8 Å². The highest BCUT2D eigenvalue weighted by Gasteiger charge is 2.42. The average molecular weight is 264 g/mol. The van der Waals surface area contributed by atoms with Gasteiger partial charge in [-0.25, -0.2) is 4.79 Å². The van der Waals surface area contributed by atoms with Gasteiger partial charge in [-0.05, 0) is 18.8 Å². The minimum absolute atomic E-state index is 0.0140. The first-order valence-corrected chi connectivity index (χ1v) is 4.91. The van der Waals surface area contributed by atoms with Gasteiger partial charge in [0, 0.05) is 0 Å². The Hall–Kier alpha value is -2.06. The van der Waals surface area contributed by atoms with Crippen LogP contribution in [0.4, 0.5) is 19.1 Å². The number of nitrogens with zero attached hydrogens (tertiary/aromatic N) is 1. The number of anilines is 1. The summed E-state index contributed by atoms with van der Waals surface area (Å²) in [6.07, 6.45) is -3.83. The van der Waals surface area contributed by atoms with E-state index in [2.05, 4.69) is 9.68 Å². The molecule has 1 amide bonds. The van der Waals surface area contributed by atoms with Crippen molar-refractivity contribution in [1.29, 1.82) is 0 Å². The van der Waals surface area contributed by atoms with Crippen LogP contribution in [0.3, 0.4) is 0 Å². The number of alkyl halides is 3. The molecular weight excluding hydrogens is 257 g/mol. The van der Waals surface area contributed by atoms with Gasteiger partial charge in [0.1, 0.15) is 0 Å². The smallest absolute Gasteiger partial charge is 0.471 e. The van der Waals surface area contributed by atoms with E-state index < -0.39 is 29.6 Å². The molecule has 0 aliphatic heterocycles. The summed E-state index contributed by atoms with van der Waals surface area (Å²) in [5.41, 5.74) is -0.449. The number of amides is 1. The van der Waals surface area contributed by atoms with Gasteiger partial charge in [-0.15, -0.1) is 0 Å². The monoisotopic (exact) mass is 264 g/mol. The summed E-state index contributed by atoms with van der Waals surface area (Å²) in [4.78, 5) is 21.5. The quantitative estimate of drug-likeness (QED) is 0.867. The second kappa shape index (κ2) is 4.00. The van der Waals surface area contributed by atoms with Crippen LogP contribution in [0.15, 0.2) is 4.52 Å². The first-order chi connectivity index (χ1) is 8.30. The van der Waals surface area contributed by atoms with E-state index in [1.54, 1.807) is 0 Å². The minimum Gasteiger partial charge on any atom is -0.476 e. The van der Waals surface area contributed by atoms with Gasteiger partial charge in [-0.2, -0.15) is 13.2 Å². The molecule has 0 atom stereocenters. The van der Waals surface area contributed by atoms with Crippen molar-refractivity contribution in [1.82, 2.24) is 5.16 Å². The lowest BCUT2D eigenvalue weighted by atomic mass is 10.1. The lowest BCUT2D eigenvalue weighted by Crippen LogP contribution is -2.30. The van der Waals surface area contributed by atoms with Gasteiger partial charge in [0.05, 0.1) is 5.56 Å². The van der Waals surface area contributed by atoms with E-state index in [9.17, 15) is 22.8 Å². The van der Waals surface area contributed by atoms with Gasteiger partial charge >= 0.3 is 18.1 Å². The van der Waals surface area contributed by atoms with E-state index in [4.69, 9.17) is 5.11 Å². The van der Waals surface area contributed by atoms with Crippen LogP contribution in [0.2, 0.25) is 0 Å². The van der Waals surface area contributed by atoms with E-state index in [1.807, 2.05) is 0 Å². The van der Waals surface area contributed by atoms with Crippen molar-refractivity contribution in [2.75, 3.05) is 5.32 Å². The molecule has 1 aromatic heterocycles. The van der Waals surface area contributed by atoms with Crippen LogP contribution in [0.5, 0.6) is 0 Å².